The second-order valence-electron chi connectivity index (χ2n) is 6.60. The van der Waals surface area contributed by atoms with E-state index in [1.54, 1.807) is 18.6 Å². The van der Waals surface area contributed by atoms with Crippen LogP contribution in [0.25, 0.3) is 11.4 Å². The number of likely N-dealkylation sites (tertiary alicyclic amines) is 1. The molecule has 138 valence electrons. The van der Waals surface area contributed by atoms with Gasteiger partial charge in [-0.1, -0.05) is 11.2 Å². The molecular formula is C20H21N5O2. The van der Waals surface area contributed by atoms with E-state index < -0.39 is 0 Å². The molecule has 1 unspecified atom stereocenters. The largest absolute Gasteiger partial charge is 0.339 e. The number of rotatable bonds is 6. The van der Waals surface area contributed by atoms with Crippen LogP contribution in [-0.4, -0.2) is 37.5 Å². The minimum absolute atomic E-state index is 0.0976. The normalized spacial score (nSPS) is 16.6. The molecule has 0 radical (unpaired) electrons. The summed E-state index contributed by atoms with van der Waals surface area (Å²) in [5.41, 5.74) is 1.84. The Kier molecular flexibility index (Phi) is 5.18. The van der Waals surface area contributed by atoms with Crippen molar-refractivity contribution in [2.45, 2.75) is 38.1 Å². The highest BCUT2D eigenvalue weighted by atomic mass is 16.5. The van der Waals surface area contributed by atoms with Gasteiger partial charge in [0.2, 0.25) is 17.6 Å². The highest BCUT2D eigenvalue weighted by Gasteiger charge is 2.30. The van der Waals surface area contributed by atoms with Crippen LogP contribution in [0.3, 0.4) is 0 Å². The molecule has 7 nitrogen and oxygen atoms in total. The van der Waals surface area contributed by atoms with Gasteiger partial charge in [0.25, 0.3) is 0 Å². The van der Waals surface area contributed by atoms with Crippen molar-refractivity contribution < 1.29 is 9.32 Å². The van der Waals surface area contributed by atoms with Gasteiger partial charge in [-0.05, 0) is 43.5 Å². The summed E-state index contributed by atoms with van der Waals surface area (Å²) in [7, 11) is 0. The first-order valence-corrected chi connectivity index (χ1v) is 9.24. The molecule has 0 spiro atoms. The van der Waals surface area contributed by atoms with Crippen LogP contribution in [-0.2, 0) is 11.2 Å². The summed E-state index contributed by atoms with van der Waals surface area (Å²) >= 11 is 0. The quantitative estimate of drug-likeness (QED) is 0.668. The maximum absolute atomic E-state index is 12.7. The van der Waals surface area contributed by atoms with Crippen molar-refractivity contribution in [2.75, 3.05) is 6.54 Å². The average Bonchev–Trinajstić information content (AvgIpc) is 3.39. The third kappa shape index (κ3) is 4.02. The number of hydrogen-bond acceptors (Lipinski definition) is 6. The molecule has 4 rings (SSSR count). The predicted molar refractivity (Wildman–Crippen MR) is 98.4 cm³/mol. The predicted octanol–water partition coefficient (Wildman–Crippen LogP) is 3.21. The Labute approximate surface area is 157 Å². The standard InChI is InChI=1S/C20H21N5O2/c26-19(25-14-4-6-17(25)16-5-1-2-11-22-16)8-3-7-18-23-20(24-27-18)15-9-12-21-13-10-15/h1-2,5,9-13,17H,3-4,6-8,14H2. The summed E-state index contributed by atoms with van der Waals surface area (Å²) in [6, 6.07) is 9.64. The molecule has 0 saturated carbocycles. The number of aryl methyl sites for hydroxylation is 1. The van der Waals surface area contributed by atoms with E-state index in [0.717, 1.165) is 30.6 Å². The van der Waals surface area contributed by atoms with Gasteiger partial charge in [-0.2, -0.15) is 4.98 Å². The molecule has 1 fully saturated rings. The Morgan fingerprint density at radius 2 is 2.07 bits per heavy atom. The van der Waals surface area contributed by atoms with Gasteiger partial charge in [0.15, 0.2) is 0 Å². The summed E-state index contributed by atoms with van der Waals surface area (Å²) < 4.78 is 5.30. The Morgan fingerprint density at radius 1 is 1.19 bits per heavy atom. The van der Waals surface area contributed by atoms with E-state index in [9.17, 15) is 4.79 Å². The zero-order valence-electron chi connectivity index (χ0n) is 15.0. The minimum Gasteiger partial charge on any atom is -0.339 e. The van der Waals surface area contributed by atoms with Gasteiger partial charge in [-0.3, -0.25) is 14.8 Å². The fraction of sp³-hybridized carbons (Fsp3) is 0.350. The SMILES string of the molecule is O=C(CCCc1nc(-c2ccncc2)no1)N1CCCC1c1ccccn1. The van der Waals surface area contributed by atoms with Crippen LogP contribution < -0.4 is 0 Å². The molecule has 4 heterocycles. The van der Waals surface area contributed by atoms with Crippen molar-refractivity contribution in [3.63, 3.8) is 0 Å². The van der Waals surface area contributed by atoms with Gasteiger partial charge >= 0.3 is 0 Å². The molecule has 3 aromatic rings. The summed E-state index contributed by atoms with van der Waals surface area (Å²) in [6.07, 6.45) is 8.90. The van der Waals surface area contributed by atoms with E-state index >= 15 is 0 Å². The van der Waals surface area contributed by atoms with Gasteiger partial charge in [0.1, 0.15) is 0 Å². The van der Waals surface area contributed by atoms with Crippen LogP contribution in [0.2, 0.25) is 0 Å². The van der Waals surface area contributed by atoms with Crippen molar-refractivity contribution in [1.29, 1.82) is 0 Å². The van der Waals surface area contributed by atoms with Gasteiger partial charge in [-0.15, -0.1) is 0 Å². The zero-order chi connectivity index (χ0) is 18.5. The fourth-order valence-corrected chi connectivity index (χ4v) is 3.45. The molecular weight excluding hydrogens is 342 g/mol. The topological polar surface area (TPSA) is 85.0 Å². The van der Waals surface area contributed by atoms with Crippen LogP contribution in [0.5, 0.6) is 0 Å². The number of aromatic nitrogens is 4. The second kappa shape index (κ2) is 8.07. The fourth-order valence-electron chi connectivity index (χ4n) is 3.45. The van der Waals surface area contributed by atoms with E-state index in [1.807, 2.05) is 35.2 Å². The number of amides is 1. The molecule has 27 heavy (non-hydrogen) atoms. The molecule has 1 aliphatic rings. The van der Waals surface area contributed by atoms with Crippen LogP contribution in [0.1, 0.15) is 43.3 Å². The first kappa shape index (κ1) is 17.3. The molecule has 1 saturated heterocycles. The van der Waals surface area contributed by atoms with Crippen molar-refractivity contribution in [2.24, 2.45) is 0 Å². The molecule has 0 N–H and O–H groups in total. The minimum atomic E-state index is 0.0976. The van der Waals surface area contributed by atoms with Crippen molar-refractivity contribution in [1.82, 2.24) is 25.0 Å². The van der Waals surface area contributed by atoms with E-state index in [2.05, 4.69) is 20.1 Å². The highest BCUT2D eigenvalue weighted by Crippen LogP contribution is 2.31. The van der Waals surface area contributed by atoms with Crippen LogP contribution in [0.4, 0.5) is 0 Å². The first-order chi connectivity index (χ1) is 13.3. The Morgan fingerprint density at radius 3 is 2.89 bits per heavy atom. The molecule has 7 heteroatoms. The summed E-state index contributed by atoms with van der Waals surface area (Å²) in [6.45, 7) is 0.798. The summed E-state index contributed by atoms with van der Waals surface area (Å²) in [5.74, 6) is 1.27. The molecule has 0 aromatic carbocycles. The number of carbonyl (C=O) groups excluding carboxylic acids is 1. The lowest BCUT2D eigenvalue weighted by atomic mass is 10.1. The van der Waals surface area contributed by atoms with Gasteiger partial charge in [0, 0.05) is 43.5 Å². The molecule has 1 aliphatic heterocycles. The van der Waals surface area contributed by atoms with E-state index in [-0.39, 0.29) is 11.9 Å². The smallest absolute Gasteiger partial charge is 0.226 e. The first-order valence-electron chi connectivity index (χ1n) is 9.24. The molecule has 1 atom stereocenters. The number of nitrogens with zero attached hydrogens (tertiary/aromatic N) is 5. The van der Waals surface area contributed by atoms with Gasteiger partial charge in [0.05, 0.1) is 11.7 Å². The van der Waals surface area contributed by atoms with Crippen molar-refractivity contribution in [3.05, 3.63) is 60.5 Å². The van der Waals surface area contributed by atoms with Crippen molar-refractivity contribution in [3.8, 4) is 11.4 Å². The third-order valence-corrected chi connectivity index (χ3v) is 4.79. The lowest BCUT2D eigenvalue weighted by Gasteiger charge is -2.24. The lowest BCUT2D eigenvalue weighted by Crippen LogP contribution is -2.30. The Balaban J connectivity index is 1.31. The van der Waals surface area contributed by atoms with Crippen LogP contribution >= 0.6 is 0 Å². The van der Waals surface area contributed by atoms with Crippen LogP contribution in [0.15, 0.2) is 53.4 Å². The zero-order valence-corrected chi connectivity index (χ0v) is 15.0. The number of pyridine rings is 2. The van der Waals surface area contributed by atoms with Gasteiger partial charge < -0.3 is 9.42 Å². The lowest BCUT2D eigenvalue weighted by molar-refractivity contribution is -0.132. The van der Waals surface area contributed by atoms with Crippen LogP contribution in [0, 0.1) is 0 Å². The van der Waals surface area contributed by atoms with Gasteiger partial charge in [-0.25, -0.2) is 0 Å². The monoisotopic (exact) mass is 363 g/mol. The summed E-state index contributed by atoms with van der Waals surface area (Å²) in [4.78, 5) is 27.4. The number of hydrogen-bond donors (Lipinski definition) is 0. The maximum Gasteiger partial charge on any atom is 0.226 e. The third-order valence-electron chi connectivity index (χ3n) is 4.79. The maximum atomic E-state index is 12.7. The molecule has 3 aromatic heterocycles. The van der Waals surface area contributed by atoms with E-state index in [4.69, 9.17) is 4.52 Å². The molecule has 1 amide bonds. The number of carbonyl (C=O) groups is 1. The molecule has 0 aliphatic carbocycles. The Hall–Kier alpha value is -3.09. The summed E-state index contributed by atoms with van der Waals surface area (Å²) in [5, 5.41) is 4.00. The highest BCUT2D eigenvalue weighted by molar-refractivity contribution is 5.77. The van der Waals surface area contributed by atoms with E-state index in [0.29, 0.717) is 31.0 Å². The average molecular weight is 363 g/mol. The van der Waals surface area contributed by atoms with Crippen molar-refractivity contribution >= 4 is 5.91 Å². The van der Waals surface area contributed by atoms with E-state index in [1.165, 1.54) is 0 Å². The molecule has 0 bridgehead atoms. The second-order valence-corrected chi connectivity index (χ2v) is 6.60. The Bertz CT molecular complexity index is 882.